The van der Waals surface area contributed by atoms with E-state index in [-0.39, 0.29) is 0 Å². The molecular formula is C27H34N2. The van der Waals surface area contributed by atoms with Crippen molar-refractivity contribution in [2.24, 2.45) is 5.73 Å². The Morgan fingerprint density at radius 3 is 2.24 bits per heavy atom. The van der Waals surface area contributed by atoms with Gasteiger partial charge < -0.3 is 10.6 Å². The van der Waals surface area contributed by atoms with Crippen molar-refractivity contribution in [2.45, 2.75) is 63.8 Å². The first-order chi connectivity index (χ1) is 14.1. The van der Waals surface area contributed by atoms with E-state index in [4.69, 9.17) is 5.73 Å². The van der Waals surface area contributed by atoms with Crippen LogP contribution in [-0.2, 0) is 13.0 Å². The summed E-state index contributed by atoms with van der Waals surface area (Å²) in [6, 6.07) is 14.0. The van der Waals surface area contributed by atoms with E-state index in [0.717, 1.165) is 36.9 Å². The third-order valence-electron chi connectivity index (χ3n) is 6.24. The molecule has 2 heteroatoms. The highest BCUT2D eigenvalue weighted by Crippen LogP contribution is 2.45. The van der Waals surface area contributed by atoms with Gasteiger partial charge in [0, 0.05) is 24.5 Å². The van der Waals surface area contributed by atoms with E-state index in [2.05, 4.69) is 61.4 Å². The van der Waals surface area contributed by atoms with Crippen molar-refractivity contribution >= 4 is 11.8 Å². The van der Waals surface area contributed by atoms with Crippen LogP contribution in [0.5, 0.6) is 0 Å². The molecule has 0 aliphatic heterocycles. The van der Waals surface area contributed by atoms with E-state index < -0.39 is 0 Å². The molecule has 0 saturated heterocycles. The lowest BCUT2D eigenvalue weighted by atomic mass is 9.98. The predicted molar refractivity (Wildman–Crippen MR) is 125 cm³/mol. The van der Waals surface area contributed by atoms with Gasteiger partial charge in [0.2, 0.25) is 0 Å². The molecule has 2 aliphatic carbocycles. The minimum Gasteiger partial charge on any atom is -0.340 e. The molecule has 0 aromatic heterocycles. The molecule has 0 heterocycles. The van der Waals surface area contributed by atoms with Crippen molar-refractivity contribution in [3.05, 3.63) is 83.1 Å². The maximum Gasteiger partial charge on any atom is 0.0479 e. The number of aryl methyl sites for hydroxylation is 1. The second-order valence-electron chi connectivity index (χ2n) is 8.76. The summed E-state index contributed by atoms with van der Waals surface area (Å²) in [5.41, 5.74) is 15.3. The van der Waals surface area contributed by atoms with Gasteiger partial charge >= 0.3 is 0 Å². The Morgan fingerprint density at radius 1 is 1.07 bits per heavy atom. The van der Waals surface area contributed by atoms with Crippen LogP contribution in [0.1, 0.15) is 78.7 Å². The summed E-state index contributed by atoms with van der Waals surface area (Å²) in [6.07, 6.45) is 9.45. The first-order valence-corrected chi connectivity index (χ1v) is 11.2. The zero-order valence-electron chi connectivity index (χ0n) is 17.8. The zero-order valence-corrected chi connectivity index (χ0v) is 17.8. The molecule has 0 amide bonds. The van der Waals surface area contributed by atoms with E-state index in [9.17, 15) is 0 Å². The van der Waals surface area contributed by atoms with Gasteiger partial charge in [-0.3, -0.25) is 0 Å². The molecule has 152 valence electrons. The molecule has 2 saturated carbocycles. The van der Waals surface area contributed by atoms with Gasteiger partial charge in [0.25, 0.3) is 0 Å². The van der Waals surface area contributed by atoms with Crippen LogP contribution in [0.15, 0.2) is 55.3 Å². The van der Waals surface area contributed by atoms with Crippen LogP contribution in [-0.4, -0.2) is 6.54 Å². The molecule has 2 aromatic carbocycles. The summed E-state index contributed by atoms with van der Waals surface area (Å²) < 4.78 is 0. The molecule has 0 atom stereocenters. The Hall–Kier alpha value is -2.32. The normalized spacial score (nSPS) is 15.9. The lowest BCUT2D eigenvalue weighted by Crippen LogP contribution is -2.27. The van der Waals surface area contributed by atoms with Gasteiger partial charge in [-0.2, -0.15) is 0 Å². The molecule has 2 aliphatic rings. The Balaban J connectivity index is 1.70. The Kier molecular flexibility index (Phi) is 5.91. The van der Waals surface area contributed by atoms with Crippen molar-refractivity contribution in [1.29, 1.82) is 0 Å². The third-order valence-corrected chi connectivity index (χ3v) is 6.24. The standard InChI is InChI=1S/C27H34N2/c1-4-6-24-13-20(5-2)7-12-27(24)29(19(3)17-28)18-21-14-25(22-8-9-22)16-26(15-21)23-10-11-23/h5,7,12-16,22-23H,2-4,6,8-11,17-18,28H2,1H3. The molecule has 2 aromatic rings. The first kappa shape index (κ1) is 20.0. The summed E-state index contributed by atoms with van der Waals surface area (Å²) in [5.74, 6) is 1.56. The number of rotatable bonds is 10. The molecule has 0 bridgehead atoms. The van der Waals surface area contributed by atoms with E-state index in [1.165, 1.54) is 48.1 Å². The lowest BCUT2D eigenvalue weighted by Gasteiger charge is -2.29. The Morgan fingerprint density at radius 2 is 1.72 bits per heavy atom. The zero-order chi connectivity index (χ0) is 20.4. The van der Waals surface area contributed by atoms with Crippen molar-refractivity contribution < 1.29 is 0 Å². The summed E-state index contributed by atoms with van der Waals surface area (Å²) in [5, 5.41) is 0. The first-order valence-electron chi connectivity index (χ1n) is 11.2. The minimum absolute atomic E-state index is 0.465. The van der Waals surface area contributed by atoms with Gasteiger partial charge in [-0.15, -0.1) is 0 Å². The summed E-state index contributed by atoms with van der Waals surface area (Å²) in [4.78, 5) is 2.33. The maximum atomic E-state index is 6.06. The summed E-state index contributed by atoms with van der Waals surface area (Å²) in [7, 11) is 0. The predicted octanol–water partition coefficient (Wildman–Crippen LogP) is 6.52. The quantitative estimate of drug-likeness (QED) is 0.504. The van der Waals surface area contributed by atoms with Crippen LogP contribution in [0, 0.1) is 0 Å². The van der Waals surface area contributed by atoms with Crippen LogP contribution in [0.25, 0.3) is 6.08 Å². The molecule has 4 rings (SSSR count). The average molecular weight is 387 g/mol. The smallest absolute Gasteiger partial charge is 0.0479 e. The van der Waals surface area contributed by atoms with E-state index in [1.54, 1.807) is 11.1 Å². The molecule has 29 heavy (non-hydrogen) atoms. The second-order valence-corrected chi connectivity index (χ2v) is 8.76. The molecule has 2 nitrogen and oxygen atoms in total. The summed E-state index contributed by atoms with van der Waals surface area (Å²) >= 11 is 0. The topological polar surface area (TPSA) is 29.3 Å². The highest BCUT2D eigenvalue weighted by atomic mass is 15.1. The largest absolute Gasteiger partial charge is 0.340 e. The minimum atomic E-state index is 0.465. The van der Waals surface area contributed by atoms with Crippen molar-refractivity contribution in [1.82, 2.24) is 0 Å². The molecule has 0 spiro atoms. The van der Waals surface area contributed by atoms with Crippen molar-refractivity contribution in [3.63, 3.8) is 0 Å². The number of hydrogen-bond donors (Lipinski definition) is 1. The Bertz CT molecular complexity index is 872. The van der Waals surface area contributed by atoms with Gasteiger partial charge in [-0.05, 0) is 83.9 Å². The van der Waals surface area contributed by atoms with Crippen LogP contribution in [0.2, 0.25) is 0 Å². The number of anilines is 1. The van der Waals surface area contributed by atoms with Gasteiger partial charge in [-0.25, -0.2) is 0 Å². The van der Waals surface area contributed by atoms with Crippen molar-refractivity contribution in [2.75, 3.05) is 11.4 Å². The van der Waals surface area contributed by atoms with Crippen LogP contribution < -0.4 is 10.6 Å². The van der Waals surface area contributed by atoms with Crippen LogP contribution in [0.4, 0.5) is 5.69 Å². The van der Waals surface area contributed by atoms with E-state index >= 15 is 0 Å². The average Bonchev–Trinajstić information content (AvgIpc) is 3.64. The van der Waals surface area contributed by atoms with Crippen molar-refractivity contribution in [3.8, 4) is 0 Å². The molecule has 0 unspecified atom stereocenters. The lowest BCUT2D eigenvalue weighted by molar-refractivity contribution is 0.852. The fraction of sp³-hybridized carbons (Fsp3) is 0.407. The highest BCUT2D eigenvalue weighted by Gasteiger charge is 2.29. The second kappa shape index (κ2) is 8.59. The number of hydrogen-bond acceptors (Lipinski definition) is 2. The SMILES string of the molecule is C=Cc1ccc(N(Cc2cc(C3CC3)cc(C3CC3)c2)C(=C)CN)c(CCC)c1. The third kappa shape index (κ3) is 4.64. The number of nitrogens with two attached hydrogens (primary N) is 1. The maximum absolute atomic E-state index is 6.06. The van der Waals surface area contributed by atoms with Gasteiger partial charge in [-0.1, -0.05) is 56.8 Å². The molecule has 2 fully saturated rings. The fourth-order valence-corrected chi connectivity index (χ4v) is 4.27. The van der Waals surface area contributed by atoms with Gasteiger partial charge in [0.15, 0.2) is 0 Å². The van der Waals surface area contributed by atoms with Crippen LogP contribution in [0.3, 0.4) is 0 Å². The number of nitrogens with zero attached hydrogens (tertiary/aromatic N) is 1. The van der Waals surface area contributed by atoms with E-state index in [0.29, 0.717) is 6.54 Å². The van der Waals surface area contributed by atoms with Gasteiger partial charge in [0.1, 0.15) is 0 Å². The molecule has 0 radical (unpaired) electrons. The Labute approximate surface area is 176 Å². The summed E-state index contributed by atoms with van der Waals surface area (Å²) in [6.45, 7) is 11.8. The van der Waals surface area contributed by atoms with Crippen LogP contribution >= 0.6 is 0 Å². The molecular weight excluding hydrogens is 352 g/mol. The highest BCUT2D eigenvalue weighted by molar-refractivity contribution is 5.63. The van der Waals surface area contributed by atoms with Gasteiger partial charge in [0.05, 0.1) is 0 Å². The fourth-order valence-electron chi connectivity index (χ4n) is 4.27. The number of benzene rings is 2. The monoisotopic (exact) mass is 386 g/mol. The van der Waals surface area contributed by atoms with E-state index in [1.807, 2.05) is 6.08 Å². The molecule has 2 N–H and O–H groups in total.